The van der Waals surface area contributed by atoms with Gasteiger partial charge in [0.2, 0.25) is 0 Å². The van der Waals surface area contributed by atoms with Crippen LogP contribution in [0.1, 0.15) is 97.3 Å². The summed E-state index contributed by atoms with van der Waals surface area (Å²) in [5.74, 6) is -0.992. The topological polar surface area (TPSA) is 52.6 Å². The molecule has 0 aliphatic heterocycles. The molecule has 2 unspecified atom stereocenters. The van der Waals surface area contributed by atoms with Gasteiger partial charge in [0.05, 0.1) is 25.0 Å². The minimum absolute atomic E-state index is 0.192. The Kier molecular flexibility index (Phi) is 12.4. The molecule has 0 aromatic carbocycles. The van der Waals surface area contributed by atoms with E-state index >= 15 is 0 Å². The van der Waals surface area contributed by atoms with Gasteiger partial charge in [-0.3, -0.25) is 9.59 Å². The molecular formula is C21H38O4. The third-order valence-corrected chi connectivity index (χ3v) is 5.11. The normalized spacial score (nSPS) is 20.2. The summed E-state index contributed by atoms with van der Waals surface area (Å²) in [6, 6.07) is 0. The first kappa shape index (κ1) is 22.0. The third kappa shape index (κ3) is 9.27. The van der Waals surface area contributed by atoms with Crippen LogP contribution in [0.2, 0.25) is 0 Å². The number of esters is 2. The smallest absolute Gasteiger partial charge is 0.309 e. The Balaban J connectivity index is 2.25. The van der Waals surface area contributed by atoms with Gasteiger partial charge in [0.15, 0.2) is 0 Å². The van der Waals surface area contributed by atoms with E-state index in [9.17, 15) is 9.59 Å². The number of carbonyl (C=O) groups excluding carboxylic acids is 2. The van der Waals surface area contributed by atoms with E-state index in [1.807, 2.05) is 0 Å². The molecule has 1 rings (SSSR count). The van der Waals surface area contributed by atoms with Crippen LogP contribution < -0.4 is 0 Å². The highest BCUT2D eigenvalue weighted by molar-refractivity contribution is 5.82. The van der Waals surface area contributed by atoms with E-state index in [0.29, 0.717) is 13.2 Å². The van der Waals surface area contributed by atoms with Crippen molar-refractivity contribution in [3.05, 3.63) is 0 Å². The van der Waals surface area contributed by atoms with Gasteiger partial charge in [-0.1, -0.05) is 71.6 Å². The van der Waals surface area contributed by atoms with Gasteiger partial charge in [0, 0.05) is 0 Å². The van der Waals surface area contributed by atoms with Crippen molar-refractivity contribution in [2.75, 3.05) is 13.2 Å². The highest BCUT2D eigenvalue weighted by Crippen LogP contribution is 2.32. The lowest BCUT2D eigenvalue weighted by atomic mass is 9.79. The van der Waals surface area contributed by atoms with Crippen molar-refractivity contribution in [2.24, 2.45) is 11.8 Å². The number of carbonyl (C=O) groups is 2. The Labute approximate surface area is 154 Å². The van der Waals surface area contributed by atoms with E-state index in [1.54, 1.807) is 0 Å². The van der Waals surface area contributed by atoms with E-state index in [2.05, 4.69) is 13.8 Å². The third-order valence-electron chi connectivity index (χ3n) is 5.11. The van der Waals surface area contributed by atoms with Crippen molar-refractivity contribution in [3.8, 4) is 0 Å². The summed E-state index contributed by atoms with van der Waals surface area (Å²) in [4.78, 5) is 24.6. The zero-order valence-corrected chi connectivity index (χ0v) is 16.4. The van der Waals surface area contributed by atoms with Crippen molar-refractivity contribution >= 4 is 11.9 Å². The zero-order valence-electron chi connectivity index (χ0n) is 16.4. The van der Waals surface area contributed by atoms with E-state index in [1.165, 1.54) is 32.1 Å². The summed E-state index contributed by atoms with van der Waals surface area (Å²) in [5, 5.41) is 0. The average molecular weight is 355 g/mol. The molecule has 0 spiro atoms. The first-order valence-corrected chi connectivity index (χ1v) is 10.5. The maximum absolute atomic E-state index is 12.4. The zero-order chi connectivity index (χ0) is 18.3. The molecule has 0 heterocycles. The molecule has 25 heavy (non-hydrogen) atoms. The molecule has 4 nitrogen and oxygen atoms in total. The fourth-order valence-electron chi connectivity index (χ4n) is 3.46. The molecule has 2 atom stereocenters. The van der Waals surface area contributed by atoms with E-state index in [-0.39, 0.29) is 23.8 Å². The summed E-state index contributed by atoms with van der Waals surface area (Å²) >= 11 is 0. The Bertz CT molecular complexity index is 367. The predicted octanol–water partition coefficient (Wildman–Crippen LogP) is 5.43. The van der Waals surface area contributed by atoms with E-state index < -0.39 is 0 Å². The van der Waals surface area contributed by atoms with Crippen LogP contribution in [-0.4, -0.2) is 25.2 Å². The molecule has 0 radical (unpaired) electrons. The Hall–Kier alpha value is -1.06. The molecule has 0 N–H and O–H groups in total. The first-order chi connectivity index (χ1) is 12.2. The minimum Gasteiger partial charge on any atom is -0.465 e. The van der Waals surface area contributed by atoms with Crippen LogP contribution in [0, 0.1) is 11.8 Å². The van der Waals surface area contributed by atoms with Gasteiger partial charge < -0.3 is 9.47 Å². The molecule has 1 saturated carbocycles. The van der Waals surface area contributed by atoms with Gasteiger partial charge in [0.1, 0.15) is 0 Å². The second-order valence-electron chi connectivity index (χ2n) is 7.31. The van der Waals surface area contributed by atoms with Crippen molar-refractivity contribution in [2.45, 2.75) is 97.3 Å². The lowest BCUT2D eigenvalue weighted by Crippen LogP contribution is -2.35. The SMILES string of the molecule is CCCCCCCCCOC(=O)C1CCCCC1C(=O)OCCCC. The van der Waals surface area contributed by atoms with Crippen LogP contribution in [0.3, 0.4) is 0 Å². The summed E-state index contributed by atoms with van der Waals surface area (Å²) < 4.78 is 10.8. The number of hydrogen-bond acceptors (Lipinski definition) is 4. The fourth-order valence-corrected chi connectivity index (χ4v) is 3.46. The molecule has 146 valence electrons. The van der Waals surface area contributed by atoms with Crippen molar-refractivity contribution in [3.63, 3.8) is 0 Å². The molecule has 0 bridgehead atoms. The van der Waals surface area contributed by atoms with Crippen LogP contribution in [0.25, 0.3) is 0 Å². The van der Waals surface area contributed by atoms with E-state index in [0.717, 1.165) is 51.4 Å². The van der Waals surface area contributed by atoms with Gasteiger partial charge in [-0.2, -0.15) is 0 Å². The largest absolute Gasteiger partial charge is 0.465 e. The minimum atomic E-state index is -0.299. The summed E-state index contributed by atoms with van der Waals surface area (Å²) in [7, 11) is 0. The molecule has 0 amide bonds. The molecular weight excluding hydrogens is 316 g/mol. The van der Waals surface area contributed by atoms with Crippen LogP contribution in [-0.2, 0) is 19.1 Å². The highest BCUT2D eigenvalue weighted by atomic mass is 16.5. The lowest BCUT2D eigenvalue weighted by Gasteiger charge is -2.28. The van der Waals surface area contributed by atoms with Crippen LogP contribution in [0.4, 0.5) is 0 Å². The van der Waals surface area contributed by atoms with Gasteiger partial charge in [-0.05, 0) is 25.7 Å². The molecule has 1 fully saturated rings. The number of hydrogen-bond donors (Lipinski definition) is 0. The van der Waals surface area contributed by atoms with Crippen LogP contribution in [0.5, 0.6) is 0 Å². The number of unbranched alkanes of at least 4 members (excludes halogenated alkanes) is 7. The monoisotopic (exact) mass is 354 g/mol. The first-order valence-electron chi connectivity index (χ1n) is 10.5. The van der Waals surface area contributed by atoms with Gasteiger partial charge in [-0.25, -0.2) is 0 Å². The van der Waals surface area contributed by atoms with Crippen LogP contribution in [0.15, 0.2) is 0 Å². The van der Waals surface area contributed by atoms with Crippen LogP contribution >= 0.6 is 0 Å². The van der Waals surface area contributed by atoms with Crippen molar-refractivity contribution in [1.82, 2.24) is 0 Å². The van der Waals surface area contributed by atoms with E-state index in [4.69, 9.17) is 9.47 Å². The fraction of sp³-hybridized carbons (Fsp3) is 0.905. The Morgan fingerprint density at radius 1 is 0.680 bits per heavy atom. The second-order valence-corrected chi connectivity index (χ2v) is 7.31. The second kappa shape index (κ2) is 14.1. The molecule has 1 aliphatic rings. The van der Waals surface area contributed by atoms with Crippen molar-refractivity contribution < 1.29 is 19.1 Å². The maximum Gasteiger partial charge on any atom is 0.309 e. The van der Waals surface area contributed by atoms with Crippen molar-refractivity contribution in [1.29, 1.82) is 0 Å². The van der Waals surface area contributed by atoms with Gasteiger partial charge in [-0.15, -0.1) is 0 Å². The predicted molar refractivity (Wildman–Crippen MR) is 100 cm³/mol. The molecule has 4 heteroatoms. The maximum atomic E-state index is 12.4. The molecule has 0 aromatic rings. The Morgan fingerprint density at radius 2 is 1.12 bits per heavy atom. The average Bonchev–Trinajstić information content (AvgIpc) is 2.64. The quantitative estimate of drug-likeness (QED) is 0.327. The Morgan fingerprint density at radius 3 is 1.64 bits per heavy atom. The van der Waals surface area contributed by atoms with Gasteiger partial charge in [0.25, 0.3) is 0 Å². The molecule has 1 aliphatic carbocycles. The van der Waals surface area contributed by atoms with Gasteiger partial charge >= 0.3 is 11.9 Å². The summed E-state index contributed by atoms with van der Waals surface area (Å²) in [5.41, 5.74) is 0. The number of rotatable bonds is 13. The standard InChI is InChI=1S/C21H38O4/c1-3-5-7-8-9-10-13-17-25-21(23)19-15-12-11-14-18(19)20(22)24-16-6-4-2/h18-19H,3-17H2,1-2H3. The molecule has 0 saturated heterocycles. The summed E-state index contributed by atoms with van der Waals surface area (Å²) in [6.45, 7) is 5.24. The summed E-state index contributed by atoms with van der Waals surface area (Å²) in [6.07, 6.45) is 13.8. The molecule has 0 aromatic heterocycles. The lowest BCUT2D eigenvalue weighted by molar-refractivity contribution is -0.163. The highest BCUT2D eigenvalue weighted by Gasteiger charge is 2.37. The number of ether oxygens (including phenoxy) is 2.